The fraction of sp³-hybridized carbons (Fsp3) is 0.500. The van der Waals surface area contributed by atoms with Gasteiger partial charge >= 0.3 is 0 Å². The Hall–Kier alpha value is -1.02. The van der Waals surface area contributed by atoms with Gasteiger partial charge in [0.25, 0.3) is 0 Å². The van der Waals surface area contributed by atoms with Crippen LogP contribution in [0, 0.1) is 5.92 Å². The second-order valence-electron chi connectivity index (χ2n) is 4.08. The SMILES string of the molecule is C[C@@H](N)c1ccccc1OCC1CC1. The Kier molecular flexibility index (Phi) is 2.73. The molecule has 76 valence electrons. The molecule has 1 aromatic carbocycles. The number of rotatable bonds is 4. The third-order valence-corrected chi connectivity index (χ3v) is 2.58. The number of para-hydroxylation sites is 1. The first-order valence-electron chi connectivity index (χ1n) is 5.24. The van der Waals surface area contributed by atoms with Gasteiger partial charge in [-0.05, 0) is 31.7 Å². The minimum Gasteiger partial charge on any atom is -0.493 e. The standard InChI is InChI=1S/C12H17NO/c1-9(13)11-4-2-3-5-12(11)14-8-10-6-7-10/h2-5,9-10H,6-8,13H2,1H3/t9-/m1/s1. The van der Waals surface area contributed by atoms with Gasteiger partial charge in [-0.25, -0.2) is 0 Å². The van der Waals surface area contributed by atoms with Gasteiger partial charge in [-0.2, -0.15) is 0 Å². The maximum atomic E-state index is 5.86. The van der Waals surface area contributed by atoms with Gasteiger partial charge in [0.1, 0.15) is 5.75 Å². The molecule has 1 aromatic rings. The maximum absolute atomic E-state index is 5.86. The van der Waals surface area contributed by atoms with E-state index in [1.807, 2.05) is 31.2 Å². The van der Waals surface area contributed by atoms with Crippen molar-refractivity contribution in [1.29, 1.82) is 0 Å². The van der Waals surface area contributed by atoms with E-state index in [2.05, 4.69) is 0 Å². The Morgan fingerprint density at radius 3 is 2.79 bits per heavy atom. The van der Waals surface area contributed by atoms with E-state index in [4.69, 9.17) is 10.5 Å². The van der Waals surface area contributed by atoms with Crippen LogP contribution in [-0.4, -0.2) is 6.61 Å². The highest BCUT2D eigenvalue weighted by molar-refractivity contribution is 5.35. The zero-order valence-corrected chi connectivity index (χ0v) is 8.57. The first kappa shape index (κ1) is 9.53. The predicted octanol–water partition coefficient (Wildman–Crippen LogP) is 2.50. The predicted molar refractivity (Wildman–Crippen MR) is 57.3 cm³/mol. The number of ether oxygens (including phenoxy) is 1. The Bertz CT molecular complexity index is 305. The van der Waals surface area contributed by atoms with Crippen LogP contribution >= 0.6 is 0 Å². The molecule has 0 amide bonds. The second kappa shape index (κ2) is 4.01. The largest absolute Gasteiger partial charge is 0.493 e. The van der Waals surface area contributed by atoms with E-state index in [1.54, 1.807) is 0 Å². The molecule has 2 heteroatoms. The average Bonchev–Trinajstić information content (AvgIpc) is 2.98. The van der Waals surface area contributed by atoms with Crippen molar-refractivity contribution in [2.24, 2.45) is 11.7 Å². The van der Waals surface area contributed by atoms with E-state index < -0.39 is 0 Å². The first-order valence-corrected chi connectivity index (χ1v) is 5.24. The molecule has 0 aromatic heterocycles. The lowest BCUT2D eigenvalue weighted by Crippen LogP contribution is -2.09. The van der Waals surface area contributed by atoms with Crippen LogP contribution in [0.15, 0.2) is 24.3 Å². The first-order chi connectivity index (χ1) is 6.77. The molecule has 2 nitrogen and oxygen atoms in total. The number of hydrogen-bond acceptors (Lipinski definition) is 2. The highest BCUT2D eigenvalue weighted by Gasteiger charge is 2.22. The van der Waals surface area contributed by atoms with Crippen molar-refractivity contribution >= 4 is 0 Å². The van der Waals surface area contributed by atoms with Crippen LogP contribution in [0.1, 0.15) is 31.4 Å². The fourth-order valence-electron chi connectivity index (χ4n) is 1.48. The molecule has 0 saturated heterocycles. The molecule has 1 aliphatic carbocycles. The van der Waals surface area contributed by atoms with Crippen LogP contribution in [-0.2, 0) is 0 Å². The third kappa shape index (κ3) is 2.26. The molecule has 0 unspecified atom stereocenters. The van der Waals surface area contributed by atoms with Crippen molar-refractivity contribution in [3.05, 3.63) is 29.8 Å². The Labute approximate surface area is 85.1 Å². The van der Waals surface area contributed by atoms with Crippen LogP contribution in [0.4, 0.5) is 0 Å². The lowest BCUT2D eigenvalue weighted by molar-refractivity contribution is 0.295. The topological polar surface area (TPSA) is 35.2 Å². The summed E-state index contributed by atoms with van der Waals surface area (Å²) in [5, 5.41) is 0. The van der Waals surface area contributed by atoms with Gasteiger partial charge in [-0.3, -0.25) is 0 Å². The summed E-state index contributed by atoms with van der Waals surface area (Å²) in [4.78, 5) is 0. The molecule has 1 aliphatic rings. The summed E-state index contributed by atoms with van der Waals surface area (Å²) in [6.07, 6.45) is 2.64. The van der Waals surface area contributed by atoms with Crippen molar-refractivity contribution in [2.45, 2.75) is 25.8 Å². The van der Waals surface area contributed by atoms with Gasteiger partial charge in [-0.1, -0.05) is 18.2 Å². The van der Waals surface area contributed by atoms with Gasteiger partial charge < -0.3 is 10.5 Å². The number of hydrogen-bond donors (Lipinski definition) is 1. The summed E-state index contributed by atoms with van der Waals surface area (Å²) in [6, 6.07) is 8.08. The van der Waals surface area contributed by atoms with E-state index >= 15 is 0 Å². The van der Waals surface area contributed by atoms with Crippen LogP contribution in [0.3, 0.4) is 0 Å². The molecule has 1 atom stereocenters. The van der Waals surface area contributed by atoms with E-state index in [1.165, 1.54) is 12.8 Å². The molecule has 0 aliphatic heterocycles. The highest BCUT2D eigenvalue weighted by atomic mass is 16.5. The minimum atomic E-state index is 0.0467. The number of nitrogens with two attached hydrogens (primary N) is 1. The third-order valence-electron chi connectivity index (χ3n) is 2.58. The Balaban J connectivity index is 2.05. The normalized spacial score (nSPS) is 17.9. The smallest absolute Gasteiger partial charge is 0.124 e. The van der Waals surface area contributed by atoms with Crippen molar-refractivity contribution in [1.82, 2.24) is 0 Å². The summed E-state index contributed by atoms with van der Waals surface area (Å²) >= 11 is 0. The van der Waals surface area contributed by atoms with Crippen molar-refractivity contribution in [2.75, 3.05) is 6.61 Å². The molecular formula is C12H17NO. The van der Waals surface area contributed by atoms with Crippen LogP contribution in [0.5, 0.6) is 5.75 Å². The summed E-state index contributed by atoms with van der Waals surface area (Å²) in [5.41, 5.74) is 6.96. The van der Waals surface area contributed by atoms with Crippen LogP contribution in [0.25, 0.3) is 0 Å². The van der Waals surface area contributed by atoms with Crippen LogP contribution < -0.4 is 10.5 Å². The molecule has 0 heterocycles. The van der Waals surface area contributed by atoms with Gasteiger partial charge in [0.15, 0.2) is 0 Å². The Morgan fingerprint density at radius 1 is 1.43 bits per heavy atom. The van der Waals surface area contributed by atoms with E-state index in [-0.39, 0.29) is 6.04 Å². The zero-order chi connectivity index (χ0) is 9.97. The second-order valence-corrected chi connectivity index (χ2v) is 4.08. The van der Waals surface area contributed by atoms with Crippen molar-refractivity contribution < 1.29 is 4.74 Å². The van der Waals surface area contributed by atoms with Crippen molar-refractivity contribution in [3.63, 3.8) is 0 Å². The highest BCUT2D eigenvalue weighted by Crippen LogP contribution is 2.31. The quantitative estimate of drug-likeness (QED) is 0.793. The molecular weight excluding hydrogens is 174 g/mol. The van der Waals surface area contributed by atoms with Gasteiger partial charge in [0, 0.05) is 11.6 Å². The van der Waals surface area contributed by atoms with E-state index in [0.29, 0.717) is 0 Å². The molecule has 0 radical (unpaired) electrons. The summed E-state index contributed by atoms with van der Waals surface area (Å²) < 4.78 is 5.74. The fourth-order valence-corrected chi connectivity index (χ4v) is 1.48. The summed E-state index contributed by atoms with van der Waals surface area (Å²) in [7, 11) is 0. The van der Waals surface area contributed by atoms with Gasteiger partial charge in [0.2, 0.25) is 0 Å². The van der Waals surface area contributed by atoms with E-state index in [9.17, 15) is 0 Å². The molecule has 1 saturated carbocycles. The maximum Gasteiger partial charge on any atom is 0.124 e. The minimum absolute atomic E-state index is 0.0467. The Morgan fingerprint density at radius 2 is 2.14 bits per heavy atom. The summed E-state index contributed by atoms with van der Waals surface area (Å²) in [6.45, 7) is 2.84. The summed E-state index contributed by atoms with van der Waals surface area (Å²) in [5.74, 6) is 1.74. The van der Waals surface area contributed by atoms with E-state index in [0.717, 1.165) is 23.8 Å². The molecule has 1 fully saturated rings. The lowest BCUT2D eigenvalue weighted by atomic mass is 10.1. The number of benzene rings is 1. The van der Waals surface area contributed by atoms with Gasteiger partial charge in [-0.15, -0.1) is 0 Å². The average molecular weight is 191 g/mol. The monoisotopic (exact) mass is 191 g/mol. The molecule has 0 spiro atoms. The molecule has 0 bridgehead atoms. The van der Waals surface area contributed by atoms with Gasteiger partial charge in [0.05, 0.1) is 6.61 Å². The lowest BCUT2D eigenvalue weighted by Gasteiger charge is -2.13. The molecule has 2 rings (SSSR count). The van der Waals surface area contributed by atoms with Crippen molar-refractivity contribution in [3.8, 4) is 5.75 Å². The zero-order valence-electron chi connectivity index (χ0n) is 8.57. The molecule has 14 heavy (non-hydrogen) atoms. The van der Waals surface area contributed by atoms with Crippen LogP contribution in [0.2, 0.25) is 0 Å². The molecule has 2 N–H and O–H groups in total.